The van der Waals surface area contributed by atoms with E-state index in [1.54, 1.807) is 0 Å². The quantitative estimate of drug-likeness (QED) is 0.717. The molecule has 0 fully saturated rings. The molecule has 1 aromatic heterocycles. The molecule has 0 aliphatic heterocycles. The van der Waals surface area contributed by atoms with Gasteiger partial charge < -0.3 is 9.73 Å². The van der Waals surface area contributed by atoms with Crippen LogP contribution < -0.4 is 5.32 Å². The molecule has 62 valence electrons. The van der Waals surface area contributed by atoms with Crippen molar-refractivity contribution in [2.24, 2.45) is 0 Å². The summed E-state index contributed by atoms with van der Waals surface area (Å²) < 4.78 is 5.23. The Bertz CT molecular complexity index is 218. The van der Waals surface area contributed by atoms with Crippen molar-refractivity contribution in [1.82, 2.24) is 10.3 Å². The predicted octanol–water partition coefficient (Wildman–Crippen LogP) is 1.52. The molecule has 0 bridgehead atoms. The first-order valence-electron chi connectivity index (χ1n) is 3.82. The molecular formula is C8H14N2O. The summed E-state index contributed by atoms with van der Waals surface area (Å²) in [4.78, 5) is 4.10. The molecule has 0 saturated carbocycles. The van der Waals surface area contributed by atoms with Gasteiger partial charge in [-0.15, -0.1) is 0 Å². The molecule has 0 saturated heterocycles. The maximum absolute atomic E-state index is 5.23. The van der Waals surface area contributed by atoms with Crippen molar-refractivity contribution >= 4 is 0 Å². The lowest BCUT2D eigenvalue weighted by Gasteiger charge is -2.01. The summed E-state index contributed by atoms with van der Waals surface area (Å²) in [5.41, 5.74) is 1.02. The lowest BCUT2D eigenvalue weighted by molar-refractivity contribution is 0.477. The van der Waals surface area contributed by atoms with Crippen molar-refractivity contribution < 1.29 is 4.42 Å². The third-order valence-corrected chi connectivity index (χ3v) is 1.54. The molecule has 1 N–H and O–H groups in total. The molecule has 3 nitrogen and oxygen atoms in total. The lowest BCUT2D eigenvalue weighted by Crippen LogP contribution is -2.07. The third kappa shape index (κ3) is 1.80. The highest BCUT2D eigenvalue weighted by atomic mass is 16.3. The van der Waals surface area contributed by atoms with Crippen molar-refractivity contribution in [3.8, 4) is 0 Å². The molecule has 0 unspecified atom stereocenters. The number of nitrogens with one attached hydrogen (secondary N) is 1. The monoisotopic (exact) mass is 154 g/mol. The van der Waals surface area contributed by atoms with Crippen molar-refractivity contribution in [3.05, 3.63) is 17.8 Å². The van der Waals surface area contributed by atoms with E-state index >= 15 is 0 Å². The van der Waals surface area contributed by atoms with Crippen molar-refractivity contribution in [3.63, 3.8) is 0 Å². The average molecular weight is 154 g/mol. The largest absolute Gasteiger partial charge is 0.448 e. The number of oxazole rings is 1. The van der Waals surface area contributed by atoms with E-state index in [0.29, 0.717) is 5.92 Å². The molecule has 0 aliphatic carbocycles. The topological polar surface area (TPSA) is 38.1 Å². The SMILES string of the molecule is CNCc1ncoc1C(C)C. The van der Waals surface area contributed by atoms with Crippen LogP contribution >= 0.6 is 0 Å². The number of aromatic nitrogens is 1. The summed E-state index contributed by atoms with van der Waals surface area (Å²) in [5.74, 6) is 1.40. The number of nitrogens with zero attached hydrogens (tertiary/aromatic N) is 1. The fraction of sp³-hybridized carbons (Fsp3) is 0.625. The minimum Gasteiger partial charge on any atom is -0.448 e. The molecule has 1 aromatic rings. The standard InChI is InChI=1S/C8H14N2O/c1-6(2)8-7(4-9-3)10-5-11-8/h5-6,9H,4H2,1-3H3. The highest BCUT2D eigenvalue weighted by Gasteiger charge is 2.09. The minimum absolute atomic E-state index is 0.417. The van der Waals surface area contributed by atoms with E-state index in [0.717, 1.165) is 18.0 Å². The van der Waals surface area contributed by atoms with Gasteiger partial charge in [0.1, 0.15) is 5.76 Å². The van der Waals surface area contributed by atoms with E-state index in [-0.39, 0.29) is 0 Å². The van der Waals surface area contributed by atoms with Gasteiger partial charge in [-0.1, -0.05) is 13.8 Å². The molecule has 1 rings (SSSR count). The second kappa shape index (κ2) is 3.53. The van der Waals surface area contributed by atoms with Gasteiger partial charge in [-0.2, -0.15) is 0 Å². The van der Waals surface area contributed by atoms with Crippen LogP contribution in [0.4, 0.5) is 0 Å². The van der Waals surface area contributed by atoms with E-state index in [1.165, 1.54) is 6.39 Å². The zero-order valence-corrected chi connectivity index (χ0v) is 7.22. The van der Waals surface area contributed by atoms with Gasteiger partial charge in [-0.05, 0) is 7.05 Å². The van der Waals surface area contributed by atoms with Crippen molar-refractivity contribution in [2.45, 2.75) is 26.3 Å². The van der Waals surface area contributed by atoms with Crippen LogP contribution in [0.25, 0.3) is 0 Å². The van der Waals surface area contributed by atoms with Crippen molar-refractivity contribution in [2.75, 3.05) is 7.05 Å². The molecule has 11 heavy (non-hydrogen) atoms. The maximum atomic E-state index is 5.23. The van der Waals surface area contributed by atoms with Crippen LogP contribution in [0.2, 0.25) is 0 Å². The second-order valence-electron chi connectivity index (χ2n) is 2.85. The van der Waals surface area contributed by atoms with E-state index in [2.05, 4.69) is 24.1 Å². The molecule has 3 heteroatoms. The van der Waals surface area contributed by atoms with E-state index in [9.17, 15) is 0 Å². The van der Waals surface area contributed by atoms with Crippen LogP contribution in [-0.4, -0.2) is 12.0 Å². The minimum atomic E-state index is 0.417. The Balaban J connectivity index is 2.78. The first-order chi connectivity index (χ1) is 5.25. The summed E-state index contributed by atoms with van der Waals surface area (Å²) in [6.07, 6.45) is 1.50. The summed E-state index contributed by atoms with van der Waals surface area (Å²) >= 11 is 0. The normalized spacial score (nSPS) is 10.9. The first-order valence-corrected chi connectivity index (χ1v) is 3.82. The highest BCUT2D eigenvalue weighted by Crippen LogP contribution is 2.17. The Morgan fingerprint density at radius 3 is 2.91 bits per heavy atom. The summed E-state index contributed by atoms with van der Waals surface area (Å²) in [5, 5.41) is 3.04. The van der Waals surface area contributed by atoms with Crippen LogP contribution in [0.15, 0.2) is 10.8 Å². The van der Waals surface area contributed by atoms with E-state index < -0.39 is 0 Å². The van der Waals surface area contributed by atoms with Crippen LogP contribution in [0, 0.1) is 0 Å². The summed E-state index contributed by atoms with van der Waals surface area (Å²) in [6, 6.07) is 0. The second-order valence-corrected chi connectivity index (χ2v) is 2.85. The zero-order valence-electron chi connectivity index (χ0n) is 7.22. The molecule has 0 aromatic carbocycles. The van der Waals surface area contributed by atoms with Crippen LogP contribution in [0.3, 0.4) is 0 Å². The summed E-state index contributed by atoms with van der Waals surface area (Å²) in [7, 11) is 1.90. The van der Waals surface area contributed by atoms with Gasteiger partial charge in [-0.25, -0.2) is 4.98 Å². The average Bonchev–Trinajstić information content (AvgIpc) is 2.36. The lowest BCUT2D eigenvalue weighted by atomic mass is 10.1. The molecule has 0 radical (unpaired) electrons. The summed E-state index contributed by atoms with van der Waals surface area (Å²) in [6.45, 7) is 4.98. The fourth-order valence-electron chi connectivity index (χ4n) is 1.05. The van der Waals surface area contributed by atoms with E-state index in [4.69, 9.17) is 4.42 Å². The van der Waals surface area contributed by atoms with Crippen LogP contribution in [0.1, 0.15) is 31.2 Å². The van der Waals surface area contributed by atoms with Gasteiger partial charge in [0.25, 0.3) is 0 Å². The molecule has 0 amide bonds. The van der Waals surface area contributed by atoms with Gasteiger partial charge >= 0.3 is 0 Å². The van der Waals surface area contributed by atoms with Crippen molar-refractivity contribution in [1.29, 1.82) is 0 Å². The Morgan fingerprint density at radius 2 is 2.36 bits per heavy atom. The molecule has 0 aliphatic rings. The Morgan fingerprint density at radius 1 is 1.64 bits per heavy atom. The maximum Gasteiger partial charge on any atom is 0.181 e. The van der Waals surface area contributed by atoms with Gasteiger partial charge in [0.2, 0.25) is 0 Å². The van der Waals surface area contributed by atoms with E-state index in [1.807, 2.05) is 7.05 Å². The molecule has 0 spiro atoms. The zero-order chi connectivity index (χ0) is 8.27. The molecule has 1 heterocycles. The van der Waals surface area contributed by atoms with Gasteiger partial charge in [0.15, 0.2) is 6.39 Å². The predicted molar refractivity (Wildman–Crippen MR) is 43.4 cm³/mol. The van der Waals surface area contributed by atoms with Gasteiger partial charge in [0.05, 0.1) is 5.69 Å². The number of hydrogen-bond donors (Lipinski definition) is 1. The van der Waals surface area contributed by atoms with Gasteiger partial charge in [-0.3, -0.25) is 0 Å². The smallest absolute Gasteiger partial charge is 0.181 e. The van der Waals surface area contributed by atoms with Gasteiger partial charge in [0, 0.05) is 12.5 Å². The Labute approximate surface area is 66.8 Å². The third-order valence-electron chi connectivity index (χ3n) is 1.54. The molecule has 0 atom stereocenters. The van der Waals surface area contributed by atoms with Crippen LogP contribution in [-0.2, 0) is 6.54 Å². The first kappa shape index (κ1) is 8.27. The Kier molecular flexibility index (Phi) is 2.65. The number of hydrogen-bond acceptors (Lipinski definition) is 3. The highest BCUT2D eigenvalue weighted by molar-refractivity contribution is 5.10. The fourth-order valence-corrected chi connectivity index (χ4v) is 1.05. The van der Waals surface area contributed by atoms with Crippen LogP contribution in [0.5, 0.6) is 0 Å². The Hall–Kier alpha value is -0.830. The number of rotatable bonds is 3. The molecular weight excluding hydrogens is 140 g/mol.